The number of anilines is 1. The highest BCUT2D eigenvalue weighted by Crippen LogP contribution is 2.34. The molecule has 0 fully saturated rings. The number of ether oxygens (including phenoxy) is 2. The van der Waals surface area contributed by atoms with Crippen molar-refractivity contribution >= 4 is 23.6 Å². The molecule has 0 heterocycles. The number of nitrogens with one attached hydrogen (secondary N) is 2. The van der Waals surface area contributed by atoms with E-state index >= 15 is 0 Å². The molecule has 2 aromatic rings. The summed E-state index contributed by atoms with van der Waals surface area (Å²) in [4.78, 5) is 41.5. The summed E-state index contributed by atoms with van der Waals surface area (Å²) in [5.41, 5.74) is -0.603. The second kappa shape index (κ2) is 12.0. The van der Waals surface area contributed by atoms with E-state index in [0.717, 1.165) is 0 Å². The van der Waals surface area contributed by atoms with Gasteiger partial charge >= 0.3 is 6.09 Å². The predicted octanol–water partition coefficient (Wildman–Crippen LogP) is 5.01. The number of hydrogen-bond donors (Lipinski definition) is 3. The van der Waals surface area contributed by atoms with E-state index in [1.165, 1.54) is 17.0 Å². The average molecular weight is 514 g/mol. The first-order chi connectivity index (χ1) is 17.2. The minimum atomic E-state index is -1.11. The predicted molar refractivity (Wildman–Crippen MR) is 143 cm³/mol. The minimum absolute atomic E-state index is 0.0404. The Kier molecular flexibility index (Phi) is 9.55. The first-order valence-corrected chi connectivity index (χ1v) is 12.2. The number of amides is 3. The molecule has 2 aromatic carbocycles. The van der Waals surface area contributed by atoms with Gasteiger partial charge in [-0.05, 0) is 89.9 Å². The van der Waals surface area contributed by atoms with Crippen molar-refractivity contribution < 1.29 is 29.0 Å². The lowest BCUT2D eigenvalue weighted by molar-refractivity contribution is -0.147. The number of benzene rings is 2. The number of alkyl carbamates (subject to hydrolysis) is 1. The molecule has 0 saturated heterocycles. The van der Waals surface area contributed by atoms with Crippen LogP contribution in [0.2, 0.25) is 0 Å². The molecule has 0 spiro atoms. The van der Waals surface area contributed by atoms with Crippen LogP contribution in [0, 0.1) is 0 Å². The summed E-state index contributed by atoms with van der Waals surface area (Å²) >= 11 is 0. The number of nitrogens with zero attached hydrogens (tertiary/aromatic N) is 1. The second-order valence-electron chi connectivity index (χ2n) is 10.5. The van der Waals surface area contributed by atoms with Gasteiger partial charge in [0.2, 0.25) is 5.91 Å². The van der Waals surface area contributed by atoms with Crippen molar-refractivity contribution in [2.45, 2.75) is 78.1 Å². The number of phenols is 1. The number of methoxy groups -OCH3 is 1. The SMILES string of the molecule is CCC(C)(C)N(C(=O)C(C)NC(=O)OC(C)(C)C)C(C(=O)Nc1ccc(OC)cc1)c1cccc(O)c1. The molecule has 2 atom stereocenters. The Morgan fingerprint density at radius 3 is 2.16 bits per heavy atom. The Balaban J connectivity index is 2.51. The van der Waals surface area contributed by atoms with Crippen molar-refractivity contribution in [2.75, 3.05) is 12.4 Å². The van der Waals surface area contributed by atoms with Gasteiger partial charge in [0, 0.05) is 11.2 Å². The van der Waals surface area contributed by atoms with Gasteiger partial charge in [-0.15, -0.1) is 0 Å². The van der Waals surface area contributed by atoms with Crippen molar-refractivity contribution in [1.82, 2.24) is 10.2 Å². The quantitative estimate of drug-likeness (QED) is 0.434. The molecule has 2 rings (SSSR count). The normalized spacial score (nSPS) is 13.2. The van der Waals surface area contributed by atoms with Gasteiger partial charge in [-0.1, -0.05) is 19.1 Å². The maximum Gasteiger partial charge on any atom is 0.408 e. The van der Waals surface area contributed by atoms with E-state index in [-0.39, 0.29) is 5.75 Å². The van der Waals surface area contributed by atoms with Crippen molar-refractivity contribution in [3.05, 3.63) is 54.1 Å². The Morgan fingerprint density at radius 1 is 1.03 bits per heavy atom. The maximum atomic E-state index is 13.9. The molecule has 0 aliphatic heterocycles. The zero-order valence-electron chi connectivity index (χ0n) is 22.9. The van der Waals surface area contributed by atoms with Gasteiger partial charge in [0.15, 0.2) is 0 Å². The van der Waals surface area contributed by atoms with Crippen LogP contribution in [0.5, 0.6) is 11.5 Å². The van der Waals surface area contributed by atoms with E-state index in [0.29, 0.717) is 23.4 Å². The molecule has 37 heavy (non-hydrogen) atoms. The Labute approximate surface area is 219 Å². The summed E-state index contributed by atoms with van der Waals surface area (Å²) in [6, 6.07) is 10.9. The molecule has 0 aliphatic carbocycles. The largest absolute Gasteiger partial charge is 0.508 e. The lowest BCUT2D eigenvalue weighted by atomic mass is 9.92. The zero-order chi connectivity index (χ0) is 28.0. The van der Waals surface area contributed by atoms with Gasteiger partial charge in [-0.2, -0.15) is 0 Å². The molecule has 3 N–H and O–H groups in total. The third-order valence-corrected chi connectivity index (χ3v) is 5.91. The Morgan fingerprint density at radius 2 is 1.65 bits per heavy atom. The van der Waals surface area contributed by atoms with Crippen molar-refractivity contribution in [2.24, 2.45) is 0 Å². The molecule has 0 aliphatic rings. The molecule has 0 aromatic heterocycles. The minimum Gasteiger partial charge on any atom is -0.508 e. The van der Waals surface area contributed by atoms with E-state index in [1.807, 2.05) is 20.8 Å². The first-order valence-electron chi connectivity index (χ1n) is 12.2. The van der Waals surface area contributed by atoms with Crippen LogP contribution in [0.1, 0.15) is 66.5 Å². The van der Waals surface area contributed by atoms with E-state index in [4.69, 9.17) is 9.47 Å². The van der Waals surface area contributed by atoms with Gasteiger partial charge in [0.1, 0.15) is 29.2 Å². The molecule has 0 radical (unpaired) electrons. The summed E-state index contributed by atoms with van der Waals surface area (Å²) in [6.45, 7) is 12.3. The summed E-state index contributed by atoms with van der Waals surface area (Å²) in [5.74, 6) is -0.360. The third-order valence-electron chi connectivity index (χ3n) is 5.91. The first kappa shape index (κ1) is 29.5. The zero-order valence-corrected chi connectivity index (χ0v) is 22.9. The molecule has 9 nitrogen and oxygen atoms in total. The fraction of sp³-hybridized carbons (Fsp3) is 0.464. The number of aromatic hydroxyl groups is 1. The van der Waals surface area contributed by atoms with Gasteiger partial charge < -0.3 is 30.1 Å². The number of hydrogen-bond acceptors (Lipinski definition) is 6. The van der Waals surface area contributed by atoms with Gasteiger partial charge in [0.05, 0.1) is 7.11 Å². The molecule has 2 unspecified atom stereocenters. The fourth-order valence-corrected chi connectivity index (χ4v) is 3.70. The number of carbonyl (C=O) groups is 3. The molecule has 9 heteroatoms. The van der Waals surface area contributed by atoms with Gasteiger partial charge in [-0.3, -0.25) is 9.59 Å². The number of rotatable bonds is 9. The summed E-state index contributed by atoms with van der Waals surface area (Å²) in [6.07, 6.45) is -0.220. The van der Waals surface area contributed by atoms with Crippen LogP contribution in [0.25, 0.3) is 0 Å². The molecular weight excluding hydrogens is 474 g/mol. The molecule has 0 bridgehead atoms. The van der Waals surface area contributed by atoms with Crippen LogP contribution in [0.4, 0.5) is 10.5 Å². The Bertz CT molecular complexity index is 1090. The fourth-order valence-electron chi connectivity index (χ4n) is 3.70. The van der Waals surface area contributed by atoms with Crippen LogP contribution < -0.4 is 15.4 Å². The lowest BCUT2D eigenvalue weighted by Gasteiger charge is -2.44. The Hall–Kier alpha value is -3.75. The molecule has 3 amide bonds. The van der Waals surface area contributed by atoms with E-state index < -0.39 is 41.1 Å². The second-order valence-corrected chi connectivity index (χ2v) is 10.5. The standard InChI is InChI=1S/C28H39N3O6/c1-9-28(6,7)31(25(34)18(2)29-26(35)37-27(3,4)5)23(19-11-10-12-21(32)17-19)24(33)30-20-13-15-22(36-8)16-14-20/h10-18,23,32H,9H2,1-8H3,(H,29,35)(H,30,33). The van der Waals surface area contributed by atoms with Crippen LogP contribution in [-0.4, -0.2) is 52.2 Å². The average Bonchev–Trinajstić information content (AvgIpc) is 2.80. The smallest absolute Gasteiger partial charge is 0.408 e. The highest BCUT2D eigenvalue weighted by atomic mass is 16.6. The van der Waals surface area contributed by atoms with Crippen molar-refractivity contribution in [3.8, 4) is 11.5 Å². The topological polar surface area (TPSA) is 117 Å². The van der Waals surface area contributed by atoms with Gasteiger partial charge in [0.25, 0.3) is 5.91 Å². The van der Waals surface area contributed by atoms with Crippen molar-refractivity contribution in [3.63, 3.8) is 0 Å². The van der Waals surface area contributed by atoms with E-state index in [9.17, 15) is 19.5 Å². The molecule has 202 valence electrons. The highest BCUT2D eigenvalue weighted by Gasteiger charge is 2.42. The lowest BCUT2D eigenvalue weighted by Crippen LogP contribution is -2.58. The van der Waals surface area contributed by atoms with Crippen LogP contribution in [-0.2, 0) is 14.3 Å². The monoisotopic (exact) mass is 513 g/mol. The highest BCUT2D eigenvalue weighted by molar-refractivity contribution is 5.99. The summed E-state index contributed by atoms with van der Waals surface area (Å²) in [5, 5.41) is 15.6. The van der Waals surface area contributed by atoms with Crippen LogP contribution >= 0.6 is 0 Å². The number of carbonyl (C=O) groups excluding carboxylic acids is 3. The van der Waals surface area contributed by atoms with Crippen LogP contribution in [0.3, 0.4) is 0 Å². The van der Waals surface area contributed by atoms with E-state index in [1.54, 1.807) is 71.2 Å². The van der Waals surface area contributed by atoms with Crippen LogP contribution in [0.15, 0.2) is 48.5 Å². The van der Waals surface area contributed by atoms with Crippen molar-refractivity contribution in [1.29, 1.82) is 0 Å². The molecular formula is C28H39N3O6. The summed E-state index contributed by atoms with van der Waals surface area (Å²) < 4.78 is 10.5. The molecule has 0 saturated carbocycles. The summed E-state index contributed by atoms with van der Waals surface area (Å²) in [7, 11) is 1.55. The maximum absolute atomic E-state index is 13.9. The number of phenolic OH excluding ortho intramolecular Hbond substituents is 1. The third kappa shape index (κ3) is 8.13. The van der Waals surface area contributed by atoms with E-state index in [2.05, 4.69) is 10.6 Å². The van der Waals surface area contributed by atoms with Gasteiger partial charge in [-0.25, -0.2) is 4.79 Å².